The third-order valence-electron chi connectivity index (χ3n) is 3.55. The summed E-state index contributed by atoms with van der Waals surface area (Å²) in [6, 6.07) is 1.90. The highest BCUT2D eigenvalue weighted by molar-refractivity contribution is 7.10. The Morgan fingerprint density at radius 3 is 2.82 bits per heavy atom. The van der Waals surface area contributed by atoms with Gasteiger partial charge in [0.2, 0.25) is 0 Å². The van der Waals surface area contributed by atoms with Gasteiger partial charge in [-0.25, -0.2) is 14.8 Å². The van der Waals surface area contributed by atoms with Gasteiger partial charge >= 0.3 is 6.03 Å². The summed E-state index contributed by atoms with van der Waals surface area (Å²) in [5, 5.41) is 7.16. The molecular weight excluding hydrogens is 302 g/mol. The van der Waals surface area contributed by atoms with Gasteiger partial charge in [0, 0.05) is 49.5 Å². The minimum Gasteiger partial charge on any atom is -0.353 e. The van der Waals surface area contributed by atoms with Gasteiger partial charge < -0.3 is 9.80 Å². The third kappa shape index (κ3) is 3.30. The quantitative estimate of drug-likeness (QED) is 0.916. The highest BCUT2D eigenvalue weighted by Crippen LogP contribution is 2.16. The number of amides is 2. The number of hydrogen-bond acceptors (Lipinski definition) is 7. The minimum absolute atomic E-state index is 0.109. The number of nitrogens with zero attached hydrogens (tertiary/aromatic N) is 6. The van der Waals surface area contributed by atoms with Crippen molar-refractivity contribution in [1.82, 2.24) is 24.5 Å². The number of piperazine rings is 1. The van der Waals surface area contributed by atoms with Crippen molar-refractivity contribution in [2.45, 2.75) is 13.3 Å². The van der Waals surface area contributed by atoms with Gasteiger partial charge in [-0.15, -0.1) is 5.10 Å². The van der Waals surface area contributed by atoms with Crippen molar-refractivity contribution in [3.05, 3.63) is 24.3 Å². The summed E-state index contributed by atoms with van der Waals surface area (Å²) in [6.07, 6.45) is 4.04. The molecule has 1 saturated heterocycles. The van der Waals surface area contributed by atoms with Crippen LogP contribution in [-0.2, 0) is 6.42 Å². The second kappa shape index (κ2) is 6.65. The molecule has 2 aromatic heterocycles. The Bertz CT molecular complexity index is 625. The number of rotatable bonds is 3. The van der Waals surface area contributed by atoms with E-state index in [2.05, 4.69) is 36.7 Å². The summed E-state index contributed by atoms with van der Waals surface area (Å²) < 4.78 is 3.72. The lowest BCUT2D eigenvalue weighted by molar-refractivity contribution is 0.208. The molecule has 0 radical (unpaired) electrons. The summed E-state index contributed by atoms with van der Waals surface area (Å²) in [4.78, 5) is 24.6. The molecule has 2 aromatic rings. The Morgan fingerprint density at radius 2 is 2.14 bits per heavy atom. The molecule has 0 bridgehead atoms. The zero-order valence-electron chi connectivity index (χ0n) is 12.3. The second-order valence-electron chi connectivity index (χ2n) is 4.91. The van der Waals surface area contributed by atoms with Crippen molar-refractivity contribution in [3.63, 3.8) is 0 Å². The zero-order valence-corrected chi connectivity index (χ0v) is 13.1. The molecule has 0 aromatic carbocycles. The van der Waals surface area contributed by atoms with Gasteiger partial charge in [-0.05, 0) is 6.42 Å². The molecule has 8 nitrogen and oxygen atoms in total. The lowest BCUT2D eigenvalue weighted by atomic mass is 10.3. The number of aryl methyl sites for hydroxylation is 1. The van der Waals surface area contributed by atoms with Crippen LogP contribution in [-0.4, -0.2) is 56.7 Å². The van der Waals surface area contributed by atoms with E-state index < -0.39 is 0 Å². The van der Waals surface area contributed by atoms with Crippen molar-refractivity contribution in [2.24, 2.45) is 0 Å². The first-order chi connectivity index (χ1) is 10.8. The molecule has 22 heavy (non-hydrogen) atoms. The van der Waals surface area contributed by atoms with Crippen LogP contribution in [0.4, 0.5) is 15.6 Å². The highest BCUT2D eigenvalue weighted by Gasteiger charge is 2.22. The Kier molecular flexibility index (Phi) is 4.42. The number of hydrogen-bond donors (Lipinski definition) is 1. The molecule has 116 valence electrons. The number of aromatic nitrogens is 4. The summed E-state index contributed by atoms with van der Waals surface area (Å²) in [7, 11) is 0. The predicted molar refractivity (Wildman–Crippen MR) is 84.1 cm³/mol. The van der Waals surface area contributed by atoms with Crippen molar-refractivity contribution >= 4 is 28.4 Å². The average Bonchev–Trinajstić information content (AvgIpc) is 3.08. The van der Waals surface area contributed by atoms with Gasteiger partial charge in [0.05, 0.1) is 6.20 Å². The van der Waals surface area contributed by atoms with E-state index in [-0.39, 0.29) is 6.03 Å². The van der Waals surface area contributed by atoms with Crippen molar-refractivity contribution in [3.8, 4) is 0 Å². The SMILES string of the molecule is CCc1cc(N2CCN(C(=O)Nc3cnns3)CC2)ncn1. The summed E-state index contributed by atoms with van der Waals surface area (Å²) in [5.74, 6) is 0.929. The monoisotopic (exact) mass is 319 g/mol. The van der Waals surface area contributed by atoms with Crippen LogP contribution in [0.5, 0.6) is 0 Å². The molecule has 0 unspecified atom stereocenters. The Morgan fingerprint density at radius 1 is 1.32 bits per heavy atom. The summed E-state index contributed by atoms with van der Waals surface area (Å²) in [6.45, 7) is 4.90. The zero-order chi connectivity index (χ0) is 15.4. The largest absolute Gasteiger partial charge is 0.353 e. The van der Waals surface area contributed by atoms with Gasteiger partial charge in [0.15, 0.2) is 0 Å². The molecule has 1 fully saturated rings. The summed E-state index contributed by atoms with van der Waals surface area (Å²) in [5.41, 5.74) is 1.03. The molecule has 3 rings (SSSR count). The first-order valence-electron chi connectivity index (χ1n) is 7.15. The topological polar surface area (TPSA) is 87.1 Å². The Labute approximate surface area is 132 Å². The molecule has 3 heterocycles. The molecule has 0 atom stereocenters. The van der Waals surface area contributed by atoms with Crippen molar-refractivity contribution in [1.29, 1.82) is 0 Å². The third-order valence-corrected chi connectivity index (χ3v) is 4.13. The van der Waals surface area contributed by atoms with Gasteiger partial charge in [-0.3, -0.25) is 5.32 Å². The fraction of sp³-hybridized carbons (Fsp3) is 0.462. The molecule has 0 saturated carbocycles. The van der Waals surface area contributed by atoms with Crippen LogP contribution in [0.15, 0.2) is 18.6 Å². The standard InChI is InChI=1S/C13H17N7OS/c1-2-10-7-11(15-9-14-10)19-3-5-20(6-4-19)13(21)17-12-8-16-18-22-12/h7-9H,2-6H2,1H3,(H,17,21). The Balaban J connectivity index is 1.56. The van der Waals surface area contributed by atoms with Crippen LogP contribution in [0, 0.1) is 0 Å². The van der Waals surface area contributed by atoms with Crippen LogP contribution in [0.25, 0.3) is 0 Å². The van der Waals surface area contributed by atoms with E-state index >= 15 is 0 Å². The summed E-state index contributed by atoms with van der Waals surface area (Å²) >= 11 is 1.17. The smallest absolute Gasteiger partial charge is 0.322 e. The molecule has 0 spiro atoms. The fourth-order valence-corrected chi connectivity index (χ4v) is 2.71. The number of nitrogens with one attached hydrogen (secondary N) is 1. The van der Waals surface area contributed by atoms with Crippen molar-refractivity contribution in [2.75, 3.05) is 36.4 Å². The van der Waals surface area contributed by atoms with E-state index in [0.717, 1.165) is 31.0 Å². The second-order valence-corrected chi connectivity index (χ2v) is 5.69. The van der Waals surface area contributed by atoms with Crippen LogP contribution in [0.3, 0.4) is 0 Å². The van der Waals surface area contributed by atoms with E-state index in [1.807, 2.05) is 6.07 Å². The van der Waals surface area contributed by atoms with Gasteiger partial charge in [0.1, 0.15) is 17.1 Å². The first kappa shape index (κ1) is 14.6. The van der Waals surface area contributed by atoms with Crippen LogP contribution >= 0.6 is 11.5 Å². The maximum atomic E-state index is 12.1. The maximum absolute atomic E-state index is 12.1. The van der Waals surface area contributed by atoms with Gasteiger partial charge in [-0.1, -0.05) is 11.4 Å². The van der Waals surface area contributed by atoms with Crippen LogP contribution < -0.4 is 10.2 Å². The van der Waals surface area contributed by atoms with Gasteiger partial charge in [-0.2, -0.15) is 0 Å². The molecule has 9 heteroatoms. The fourth-order valence-electron chi connectivity index (χ4n) is 2.30. The van der Waals surface area contributed by atoms with Crippen LogP contribution in [0.1, 0.15) is 12.6 Å². The van der Waals surface area contributed by atoms with E-state index in [1.54, 1.807) is 17.4 Å². The Hall–Kier alpha value is -2.29. The first-order valence-corrected chi connectivity index (χ1v) is 7.92. The molecular formula is C13H17N7OS. The number of carbonyl (C=O) groups is 1. The predicted octanol–water partition coefficient (Wildman–Crippen LogP) is 1.24. The normalized spacial score (nSPS) is 15.0. The van der Waals surface area contributed by atoms with E-state index in [4.69, 9.17) is 0 Å². The lowest BCUT2D eigenvalue weighted by Crippen LogP contribution is -2.50. The van der Waals surface area contributed by atoms with E-state index in [9.17, 15) is 4.79 Å². The number of anilines is 2. The molecule has 0 aliphatic carbocycles. The van der Waals surface area contributed by atoms with E-state index in [1.165, 1.54) is 11.5 Å². The van der Waals surface area contributed by atoms with Crippen molar-refractivity contribution < 1.29 is 4.79 Å². The van der Waals surface area contributed by atoms with Gasteiger partial charge in [0.25, 0.3) is 0 Å². The van der Waals surface area contributed by atoms with E-state index in [0.29, 0.717) is 18.1 Å². The van der Waals surface area contributed by atoms with Crippen LogP contribution in [0.2, 0.25) is 0 Å². The molecule has 1 aliphatic rings. The maximum Gasteiger partial charge on any atom is 0.322 e. The lowest BCUT2D eigenvalue weighted by Gasteiger charge is -2.35. The molecule has 1 N–H and O–H groups in total. The number of carbonyl (C=O) groups excluding carboxylic acids is 1. The highest BCUT2D eigenvalue weighted by atomic mass is 32.1. The average molecular weight is 319 g/mol. The molecule has 2 amide bonds. The number of urea groups is 1. The molecule has 1 aliphatic heterocycles. The minimum atomic E-state index is -0.109.